The fourth-order valence-electron chi connectivity index (χ4n) is 1.27. The molecule has 0 saturated carbocycles. The van der Waals surface area contributed by atoms with E-state index in [1.165, 1.54) is 0 Å². The Bertz CT molecular complexity index is 480. The Balaban J connectivity index is 2.39. The molecule has 0 aliphatic heterocycles. The number of azide groups is 1. The second kappa shape index (κ2) is 6.90. The Hall–Kier alpha value is -1.56. The van der Waals surface area contributed by atoms with Crippen molar-refractivity contribution < 1.29 is 8.42 Å². The quantitative estimate of drug-likeness (QED) is 0.347. The molecule has 7 heteroatoms. The summed E-state index contributed by atoms with van der Waals surface area (Å²) < 4.78 is 25.7. The molecule has 0 radical (unpaired) electrons. The van der Waals surface area contributed by atoms with Crippen LogP contribution in [0.2, 0.25) is 0 Å². The van der Waals surface area contributed by atoms with Crippen LogP contribution in [-0.2, 0) is 15.8 Å². The van der Waals surface area contributed by atoms with Gasteiger partial charge in [0.05, 0.1) is 5.75 Å². The maximum Gasteiger partial charge on any atom is 0.215 e. The van der Waals surface area contributed by atoms with Crippen LogP contribution in [0.4, 0.5) is 0 Å². The molecule has 0 fully saturated rings. The molecule has 0 amide bonds. The van der Waals surface area contributed by atoms with Crippen molar-refractivity contribution in [1.29, 1.82) is 0 Å². The van der Waals surface area contributed by atoms with E-state index < -0.39 is 10.0 Å². The number of nitrogens with one attached hydrogen (secondary N) is 1. The lowest BCUT2D eigenvalue weighted by Gasteiger charge is -2.05. The van der Waals surface area contributed by atoms with Crippen LogP contribution in [0, 0.1) is 0 Å². The van der Waals surface area contributed by atoms with E-state index in [1.54, 1.807) is 24.3 Å². The fourth-order valence-corrected chi connectivity index (χ4v) is 2.46. The first-order valence-electron chi connectivity index (χ1n) is 5.16. The van der Waals surface area contributed by atoms with E-state index in [1.807, 2.05) is 6.07 Å². The Labute approximate surface area is 100 Å². The van der Waals surface area contributed by atoms with E-state index in [-0.39, 0.29) is 12.3 Å². The summed E-state index contributed by atoms with van der Waals surface area (Å²) in [6.07, 6.45) is 0.498. The summed E-state index contributed by atoms with van der Waals surface area (Å²) in [5, 5.41) is 3.32. The van der Waals surface area contributed by atoms with Gasteiger partial charge in [0.25, 0.3) is 0 Å². The number of hydrogen-bond acceptors (Lipinski definition) is 3. The summed E-state index contributed by atoms with van der Waals surface area (Å²) in [5.74, 6) is -0.0324. The van der Waals surface area contributed by atoms with Gasteiger partial charge in [-0.2, -0.15) is 0 Å². The molecular formula is C10H14N4O2S. The van der Waals surface area contributed by atoms with Crippen LogP contribution in [0.3, 0.4) is 0 Å². The minimum Gasteiger partial charge on any atom is -0.215 e. The molecule has 0 spiro atoms. The van der Waals surface area contributed by atoms with Crippen molar-refractivity contribution in [2.24, 2.45) is 5.11 Å². The summed E-state index contributed by atoms with van der Waals surface area (Å²) in [5.41, 5.74) is 8.79. The van der Waals surface area contributed by atoms with Crippen LogP contribution in [0.1, 0.15) is 12.0 Å². The van der Waals surface area contributed by atoms with Gasteiger partial charge in [-0.1, -0.05) is 35.4 Å². The zero-order valence-corrected chi connectivity index (χ0v) is 10.1. The largest absolute Gasteiger partial charge is 0.215 e. The Kier molecular flexibility index (Phi) is 5.48. The lowest BCUT2D eigenvalue weighted by molar-refractivity contribution is 0.578. The summed E-state index contributed by atoms with van der Waals surface area (Å²) in [7, 11) is -3.31. The number of benzene rings is 1. The standard InChI is InChI=1S/C10H14N4O2S/c11-14-12-7-4-8-13-17(15,16)9-10-5-2-1-3-6-10/h1-3,5-6,13H,4,7-9H2. The molecule has 6 nitrogen and oxygen atoms in total. The highest BCUT2D eigenvalue weighted by Gasteiger charge is 2.09. The lowest BCUT2D eigenvalue weighted by atomic mass is 10.2. The molecule has 17 heavy (non-hydrogen) atoms. The maximum atomic E-state index is 11.6. The third kappa shape index (κ3) is 5.91. The molecule has 92 valence electrons. The van der Waals surface area contributed by atoms with E-state index in [4.69, 9.17) is 5.53 Å². The van der Waals surface area contributed by atoms with E-state index in [0.29, 0.717) is 13.0 Å². The molecule has 0 unspecified atom stereocenters. The second-order valence-electron chi connectivity index (χ2n) is 3.45. The Morgan fingerprint density at radius 2 is 2.00 bits per heavy atom. The summed E-state index contributed by atoms with van der Waals surface area (Å²) >= 11 is 0. The van der Waals surface area contributed by atoms with Gasteiger partial charge < -0.3 is 0 Å². The number of nitrogens with zero attached hydrogens (tertiary/aromatic N) is 3. The highest BCUT2D eigenvalue weighted by atomic mass is 32.2. The normalized spacial score (nSPS) is 10.8. The maximum absolute atomic E-state index is 11.6. The molecule has 0 aromatic heterocycles. The first-order valence-corrected chi connectivity index (χ1v) is 6.81. The van der Waals surface area contributed by atoms with Crippen LogP contribution >= 0.6 is 0 Å². The first kappa shape index (κ1) is 13.5. The van der Waals surface area contributed by atoms with Gasteiger partial charge in [0, 0.05) is 18.0 Å². The van der Waals surface area contributed by atoms with Crippen LogP contribution in [0.5, 0.6) is 0 Å². The highest BCUT2D eigenvalue weighted by molar-refractivity contribution is 7.88. The molecule has 0 aliphatic rings. The predicted molar refractivity (Wildman–Crippen MR) is 65.7 cm³/mol. The molecular weight excluding hydrogens is 240 g/mol. The third-order valence-corrected chi connectivity index (χ3v) is 3.38. The van der Waals surface area contributed by atoms with Crippen molar-refractivity contribution in [2.45, 2.75) is 12.2 Å². The van der Waals surface area contributed by atoms with Crippen LogP contribution < -0.4 is 4.72 Å². The van der Waals surface area contributed by atoms with Gasteiger partial charge in [-0.25, -0.2) is 13.1 Å². The molecule has 0 aliphatic carbocycles. The summed E-state index contributed by atoms with van der Waals surface area (Å²) in [6.45, 7) is 0.582. The second-order valence-corrected chi connectivity index (χ2v) is 5.25. The van der Waals surface area contributed by atoms with Gasteiger partial charge in [-0.15, -0.1) is 0 Å². The molecule has 1 aromatic carbocycles. The molecule has 0 atom stereocenters. The minimum absolute atomic E-state index is 0.0324. The van der Waals surface area contributed by atoms with Crippen molar-refractivity contribution in [3.63, 3.8) is 0 Å². The van der Waals surface area contributed by atoms with Crippen molar-refractivity contribution >= 4 is 10.0 Å². The molecule has 1 N–H and O–H groups in total. The fraction of sp³-hybridized carbons (Fsp3) is 0.400. The zero-order valence-electron chi connectivity index (χ0n) is 9.28. The van der Waals surface area contributed by atoms with Gasteiger partial charge in [0.2, 0.25) is 10.0 Å². The smallest absolute Gasteiger partial charge is 0.215 e. The topological polar surface area (TPSA) is 94.9 Å². The SMILES string of the molecule is [N-]=[N+]=NCCCNS(=O)(=O)Cc1ccccc1. The zero-order chi connectivity index (χ0) is 12.6. The molecule has 0 saturated heterocycles. The van der Waals surface area contributed by atoms with Gasteiger partial charge >= 0.3 is 0 Å². The predicted octanol–water partition coefficient (Wildman–Crippen LogP) is 1.81. The monoisotopic (exact) mass is 254 g/mol. The summed E-state index contributed by atoms with van der Waals surface area (Å²) in [6, 6.07) is 8.96. The van der Waals surface area contributed by atoms with E-state index in [9.17, 15) is 8.42 Å². The average molecular weight is 254 g/mol. The molecule has 0 heterocycles. The number of sulfonamides is 1. The van der Waals surface area contributed by atoms with E-state index >= 15 is 0 Å². The van der Waals surface area contributed by atoms with Crippen molar-refractivity contribution in [1.82, 2.24) is 4.72 Å². The van der Waals surface area contributed by atoms with E-state index in [2.05, 4.69) is 14.7 Å². The number of rotatable bonds is 7. The van der Waals surface area contributed by atoms with Crippen molar-refractivity contribution in [2.75, 3.05) is 13.1 Å². The number of hydrogen-bond donors (Lipinski definition) is 1. The van der Waals surface area contributed by atoms with Crippen LogP contribution in [-0.4, -0.2) is 21.5 Å². The van der Waals surface area contributed by atoms with Crippen molar-refractivity contribution in [3.05, 3.63) is 46.3 Å². The van der Waals surface area contributed by atoms with Crippen LogP contribution in [0.15, 0.2) is 35.4 Å². The summed E-state index contributed by atoms with van der Waals surface area (Å²) in [4.78, 5) is 2.59. The van der Waals surface area contributed by atoms with Gasteiger partial charge in [-0.3, -0.25) is 0 Å². The van der Waals surface area contributed by atoms with Gasteiger partial charge in [0.1, 0.15) is 0 Å². The highest BCUT2D eigenvalue weighted by Crippen LogP contribution is 2.03. The Morgan fingerprint density at radius 1 is 1.29 bits per heavy atom. The van der Waals surface area contributed by atoms with Crippen LogP contribution in [0.25, 0.3) is 10.4 Å². The molecule has 1 aromatic rings. The van der Waals surface area contributed by atoms with E-state index in [0.717, 1.165) is 5.56 Å². The molecule has 1 rings (SSSR count). The minimum atomic E-state index is -3.31. The van der Waals surface area contributed by atoms with Gasteiger partial charge in [-0.05, 0) is 17.5 Å². The molecule has 0 bridgehead atoms. The first-order chi connectivity index (χ1) is 8.14. The third-order valence-electron chi connectivity index (χ3n) is 2.02. The van der Waals surface area contributed by atoms with Gasteiger partial charge in [0.15, 0.2) is 0 Å². The lowest BCUT2D eigenvalue weighted by Crippen LogP contribution is -2.26. The average Bonchev–Trinajstić information content (AvgIpc) is 2.29. The Morgan fingerprint density at radius 3 is 2.65 bits per heavy atom. The van der Waals surface area contributed by atoms with Crippen molar-refractivity contribution in [3.8, 4) is 0 Å².